The molecule has 2 saturated heterocycles. The zero-order valence-corrected chi connectivity index (χ0v) is 31.5. The van der Waals surface area contributed by atoms with Crippen LogP contribution in [0.3, 0.4) is 0 Å². The summed E-state index contributed by atoms with van der Waals surface area (Å²) in [6.07, 6.45) is 7.88. The first-order valence-electron chi connectivity index (χ1n) is 18.4. The Labute approximate surface area is 314 Å². The molecule has 1 aromatic heterocycles. The van der Waals surface area contributed by atoms with Crippen molar-refractivity contribution in [3.8, 4) is 11.5 Å². The van der Waals surface area contributed by atoms with Crippen LogP contribution in [0, 0.1) is 5.41 Å². The van der Waals surface area contributed by atoms with Crippen molar-refractivity contribution in [1.82, 2.24) is 25.8 Å². The quantitative estimate of drug-likeness (QED) is 0.0409. The van der Waals surface area contributed by atoms with Crippen LogP contribution >= 0.6 is 11.8 Å². The lowest BCUT2D eigenvalue weighted by Gasteiger charge is -2.29. The van der Waals surface area contributed by atoms with Gasteiger partial charge < -0.3 is 41.8 Å². The molecule has 2 aromatic carbocycles. The monoisotopic (exact) mass is 748 g/mol. The topological polar surface area (TPSA) is 215 Å². The minimum atomic E-state index is -0.895. The van der Waals surface area contributed by atoms with E-state index in [2.05, 4.69) is 28.2 Å². The zero-order chi connectivity index (χ0) is 38.3. The fourth-order valence-electron chi connectivity index (χ4n) is 7.14. The van der Waals surface area contributed by atoms with Crippen LogP contribution < -0.4 is 31.9 Å². The second-order valence-corrected chi connectivity index (χ2v) is 15.6. The highest BCUT2D eigenvalue weighted by atomic mass is 32.2. The molecule has 14 nitrogen and oxygen atoms in total. The Hall–Kier alpha value is -4.92. The van der Waals surface area contributed by atoms with Gasteiger partial charge >= 0.3 is 12.1 Å². The molecule has 9 N–H and O–H groups in total. The average Bonchev–Trinajstić information content (AvgIpc) is 3.73. The summed E-state index contributed by atoms with van der Waals surface area (Å²) >= 11 is 1.89. The number of phenols is 2. The van der Waals surface area contributed by atoms with Gasteiger partial charge in [-0.1, -0.05) is 26.7 Å². The van der Waals surface area contributed by atoms with Gasteiger partial charge in [-0.05, 0) is 74.4 Å². The van der Waals surface area contributed by atoms with Crippen molar-refractivity contribution in [2.75, 3.05) is 23.7 Å². The third-order valence-corrected chi connectivity index (χ3v) is 11.9. The van der Waals surface area contributed by atoms with Gasteiger partial charge in [-0.25, -0.2) is 14.5 Å². The van der Waals surface area contributed by atoms with Gasteiger partial charge in [0.25, 0.3) is 0 Å². The van der Waals surface area contributed by atoms with Crippen molar-refractivity contribution in [3.63, 3.8) is 0 Å². The highest BCUT2D eigenvalue weighted by molar-refractivity contribution is 8.00. The highest BCUT2D eigenvalue weighted by Crippen LogP contribution is 2.41. The van der Waals surface area contributed by atoms with Crippen LogP contribution in [0.4, 0.5) is 15.3 Å². The number of benzene rings is 2. The number of hydrogen-bond donors (Lipinski definition) is 8. The zero-order valence-electron chi connectivity index (χ0n) is 30.7. The Morgan fingerprint density at radius 1 is 1.02 bits per heavy atom. The maximum atomic E-state index is 12.5. The summed E-state index contributed by atoms with van der Waals surface area (Å²) in [6.45, 7) is 7.40. The van der Waals surface area contributed by atoms with Crippen LogP contribution in [0.1, 0.15) is 89.2 Å². The Morgan fingerprint density at radius 2 is 1.74 bits per heavy atom. The molecule has 286 valence electrons. The van der Waals surface area contributed by atoms with E-state index in [1.165, 1.54) is 6.07 Å². The average molecular weight is 749 g/mol. The summed E-state index contributed by atoms with van der Waals surface area (Å²) in [6, 6.07) is 8.92. The van der Waals surface area contributed by atoms with Gasteiger partial charge in [0.2, 0.25) is 11.8 Å². The summed E-state index contributed by atoms with van der Waals surface area (Å²) in [4.78, 5) is 50.0. The summed E-state index contributed by atoms with van der Waals surface area (Å²) in [5.74, 6) is 0.0966. The van der Waals surface area contributed by atoms with E-state index in [-0.39, 0.29) is 58.2 Å². The number of carbonyl (C=O) groups excluding carboxylic acids is 4. The van der Waals surface area contributed by atoms with Gasteiger partial charge in [-0.15, -0.1) is 0 Å². The molecule has 0 saturated carbocycles. The molecule has 3 heterocycles. The van der Waals surface area contributed by atoms with Crippen LogP contribution in [-0.2, 0) is 16.1 Å². The van der Waals surface area contributed by atoms with E-state index >= 15 is 0 Å². The molecular formula is C38H52N8O6S. The predicted octanol–water partition coefficient (Wildman–Crippen LogP) is 5.00. The Morgan fingerprint density at radius 3 is 2.45 bits per heavy atom. The van der Waals surface area contributed by atoms with Gasteiger partial charge in [0, 0.05) is 66.6 Å². The first-order chi connectivity index (χ1) is 25.3. The number of amidine groups is 1. The van der Waals surface area contributed by atoms with Gasteiger partial charge in [-0.2, -0.15) is 11.8 Å². The number of fused-ring (bicyclic) bond motifs is 2. The molecule has 0 bridgehead atoms. The number of aromatic hydroxyl groups is 2. The Balaban J connectivity index is 0.982. The lowest BCUT2D eigenvalue weighted by Crippen LogP contribution is -2.50. The molecule has 3 atom stereocenters. The summed E-state index contributed by atoms with van der Waals surface area (Å²) < 4.78 is 1.98. The Bertz CT molecular complexity index is 1850. The number of rotatable bonds is 17. The largest absolute Gasteiger partial charge is 0.508 e. The van der Waals surface area contributed by atoms with E-state index in [0.29, 0.717) is 49.0 Å². The van der Waals surface area contributed by atoms with Crippen molar-refractivity contribution >= 4 is 58.1 Å². The molecule has 2 aliphatic heterocycles. The number of amides is 6. The SMILES string of the molecule is CC(C)c1cc(C(=N)N(C(N)=O)c2ccc3c(ccn3CCNC(=O)CCCCCNC(=O)CCCC[C@H]3SCC4NC(=O)N[C@@]43C)c2)c(O)cc1O. The maximum absolute atomic E-state index is 12.5. The van der Waals surface area contributed by atoms with E-state index in [4.69, 9.17) is 11.1 Å². The molecule has 0 aliphatic carbocycles. The number of thioether (sulfide) groups is 1. The third kappa shape index (κ3) is 9.36. The summed E-state index contributed by atoms with van der Waals surface area (Å²) in [5, 5.41) is 42.6. The minimum Gasteiger partial charge on any atom is -0.508 e. The van der Waals surface area contributed by atoms with E-state index in [1.54, 1.807) is 12.1 Å². The van der Waals surface area contributed by atoms with Crippen molar-refractivity contribution < 1.29 is 29.4 Å². The maximum Gasteiger partial charge on any atom is 0.325 e. The third-order valence-electron chi connectivity index (χ3n) is 10.2. The number of hydrogen-bond acceptors (Lipinski definition) is 8. The standard InChI is InChI=1S/C38H52N8O6S/c1-23(2)26-20-27(30(48)21-29(26)47)35(39)46(36(40)51)25-12-13-28-24(19-25)14-17-45(28)18-16-42-34(50)10-5-4-8-15-41-33(49)11-7-6-9-32-38(3)31(22-53-32)43-37(52)44-38/h12-14,17,19-21,23,31-32,39,47-48H,4-11,15-16,18,22H2,1-3H3,(H2,40,51)(H,41,49)(H,42,50)(H2,43,44,52)/t31?,32-,38+/m1/s1. The lowest BCUT2D eigenvalue weighted by molar-refractivity contribution is -0.122. The number of anilines is 1. The minimum absolute atomic E-state index is 0.0324. The molecular weight excluding hydrogens is 697 g/mol. The van der Waals surface area contributed by atoms with E-state index < -0.39 is 6.03 Å². The lowest BCUT2D eigenvalue weighted by atomic mass is 9.88. The van der Waals surface area contributed by atoms with Crippen LogP contribution in [0.2, 0.25) is 0 Å². The van der Waals surface area contributed by atoms with Gasteiger partial charge in [0.05, 0.1) is 22.8 Å². The van der Waals surface area contributed by atoms with Crippen LogP contribution in [-0.4, -0.2) is 80.2 Å². The normalized spacial score (nSPS) is 19.1. The van der Waals surface area contributed by atoms with Crippen molar-refractivity contribution in [2.45, 2.75) is 101 Å². The van der Waals surface area contributed by atoms with Crippen molar-refractivity contribution in [3.05, 3.63) is 53.7 Å². The summed E-state index contributed by atoms with van der Waals surface area (Å²) in [7, 11) is 0. The van der Waals surface area contributed by atoms with Crippen molar-refractivity contribution in [1.29, 1.82) is 5.41 Å². The summed E-state index contributed by atoms with van der Waals surface area (Å²) in [5.41, 5.74) is 7.29. The number of nitrogens with one attached hydrogen (secondary N) is 5. The second-order valence-electron chi connectivity index (χ2n) is 14.4. The Kier molecular flexibility index (Phi) is 12.8. The number of carbonyl (C=O) groups is 4. The molecule has 53 heavy (non-hydrogen) atoms. The van der Waals surface area contributed by atoms with E-state index in [0.717, 1.165) is 66.1 Å². The molecule has 0 spiro atoms. The number of aromatic nitrogens is 1. The molecule has 2 fully saturated rings. The number of nitrogens with two attached hydrogens (primary N) is 1. The van der Waals surface area contributed by atoms with Gasteiger partial charge in [0.1, 0.15) is 17.3 Å². The van der Waals surface area contributed by atoms with Crippen molar-refractivity contribution in [2.24, 2.45) is 5.73 Å². The number of unbranched alkanes of at least 4 members (excludes halogenated alkanes) is 3. The van der Waals surface area contributed by atoms with Crippen LogP contribution in [0.15, 0.2) is 42.6 Å². The number of nitrogens with zero attached hydrogens (tertiary/aromatic N) is 2. The van der Waals surface area contributed by atoms with E-state index in [1.807, 2.05) is 48.5 Å². The molecule has 2 aliphatic rings. The predicted molar refractivity (Wildman–Crippen MR) is 208 cm³/mol. The first kappa shape index (κ1) is 39.3. The molecule has 1 unspecified atom stereocenters. The van der Waals surface area contributed by atoms with Gasteiger partial charge in [-0.3, -0.25) is 15.0 Å². The van der Waals surface area contributed by atoms with Crippen LogP contribution in [0.5, 0.6) is 11.5 Å². The molecule has 6 amide bonds. The number of urea groups is 2. The highest BCUT2D eigenvalue weighted by Gasteiger charge is 2.52. The fourth-order valence-corrected chi connectivity index (χ4v) is 8.90. The smallest absolute Gasteiger partial charge is 0.325 e. The fraction of sp³-hybridized carbons (Fsp3) is 0.500. The number of phenolic OH excluding ortho intramolecular Hbond substituents is 2. The number of primary amides is 1. The molecule has 15 heteroatoms. The molecule has 5 rings (SSSR count). The molecule has 3 aromatic rings. The van der Waals surface area contributed by atoms with Gasteiger partial charge in [0.15, 0.2) is 0 Å². The molecule has 0 radical (unpaired) electrons. The van der Waals surface area contributed by atoms with Crippen LogP contribution in [0.25, 0.3) is 10.9 Å². The second kappa shape index (κ2) is 17.3. The van der Waals surface area contributed by atoms with E-state index in [9.17, 15) is 29.4 Å². The first-order valence-corrected chi connectivity index (χ1v) is 19.4.